The molecular formula is C22H20N4O. The van der Waals surface area contributed by atoms with Gasteiger partial charge in [0.1, 0.15) is 0 Å². The molecule has 2 heterocycles. The monoisotopic (exact) mass is 356 g/mol. The van der Waals surface area contributed by atoms with Crippen molar-refractivity contribution in [3.8, 4) is 0 Å². The highest BCUT2D eigenvalue weighted by Gasteiger charge is 2.11. The molecule has 0 fully saturated rings. The number of imidazole rings is 1. The Morgan fingerprint density at radius 3 is 2.63 bits per heavy atom. The zero-order valence-electron chi connectivity index (χ0n) is 15.1. The van der Waals surface area contributed by atoms with Crippen molar-refractivity contribution in [2.45, 2.75) is 20.0 Å². The molecule has 0 atom stereocenters. The summed E-state index contributed by atoms with van der Waals surface area (Å²) >= 11 is 0. The first-order valence-corrected chi connectivity index (χ1v) is 8.87. The van der Waals surface area contributed by atoms with E-state index in [1.807, 2.05) is 60.2 Å². The second-order valence-corrected chi connectivity index (χ2v) is 6.56. The number of benzene rings is 2. The minimum atomic E-state index is -0.0841. The smallest absolute Gasteiger partial charge is 0.252 e. The van der Waals surface area contributed by atoms with Crippen LogP contribution in [0, 0.1) is 6.92 Å². The number of nitrogens with one attached hydrogen (secondary N) is 1. The molecule has 1 amide bonds. The van der Waals surface area contributed by atoms with Crippen LogP contribution >= 0.6 is 0 Å². The third kappa shape index (κ3) is 3.87. The summed E-state index contributed by atoms with van der Waals surface area (Å²) in [5, 5.41) is 3.89. The van der Waals surface area contributed by atoms with Gasteiger partial charge in [0.2, 0.25) is 0 Å². The van der Waals surface area contributed by atoms with Gasteiger partial charge in [-0.05, 0) is 30.2 Å². The van der Waals surface area contributed by atoms with Crippen molar-refractivity contribution in [1.29, 1.82) is 0 Å². The van der Waals surface area contributed by atoms with Crippen LogP contribution in [0.5, 0.6) is 0 Å². The van der Waals surface area contributed by atoms with Crippen LogP contribution in [0.2, 0.25) is 0 Å². The van der Waals surface area contributed by atoms with Crippen LogP contribution in [-0.4, -0.2) is 20.4 Å². The standard InChI is InChI=1S/C22H20N4O/c1-16-12-20(19-4-2-3-5-21(19)25-16)22(27)24-13-17-6-8-18(9-7-17)14-26-11-10-23-15-26/h2-12,15H,13-14H2,1H3,(H,24,27). The zero-order chi connectivity index (χ0) is 18.6. The summed E-state index contributed by atoms with van der Waals surface area (Å²) in [6.07, 6.45) is 5.51. The quantitative estimate of drug-likeness (QED) is 0.593. The largest absolute Gasteiger partial charge is 0.348 e. The highest BCUT2D eigenvalue weighted by molar-refractivity contribution is 6.06. The molecule has 27 heavy (non-hydrogen) atoms. The highest BCUT2D eigenvalue weighted by atomic mass is 16.1. The molecule has 0 aliphatic carbocycles. The number of para-hydroxylation sites is 1. The third-order valence-electron chi connectivity index (χ3n) is 4.49. The van der Waals surface area contributed by atoms with E-state index >= 15 is 0 Å². The molecule has 4 rings (SSSR count). The van der Waals surface area contributed by atoms with Crippen molar-refractivity contribution in [3.05, 3.63) is 95.7 Å². The van der Waals surface area contributed by atoms with Crippen LogP contribution < -0.4 is 5.32 Å². The Labute approximate surface area is 157 Å². The summed E-state index contributed by atoms with van der Waals surface area (Å²) in [4.78, 5) is 21.3. The van der Waals surface area contributed by atoms with Gasteiger partial charge in [0, 0.05) is 36.6 Å². The van der Waals surface area contributed by atoms with E-state index in [1.165, 1.54) is 5.56 Å². The van der Waals surface area contributed by atoms with Gasteiger partial charge in [0.15, 0.2) is 0 Å². The van der Waals surface area contributed by atoms with Crippen molar-refractivity contribution in [1.82, 2.24) is 19.9 Å². The maximum Gasteiger partial charge on any atom is 0.252 e. The van der Waals surface area contributed by atoms with E-state index in [0.717, 1.165) is 28.7 Å². The lowest BCUT2D eigenvalue weighted by Crippen LogP contribution is -2.23. The van der Waals surface area contributed by atoms with Gasteiger partial charge in [-0.2, -0.15) is 0 Å². The molecule has 0 bridgehead atoms. The Morgan fingerprint density at radius 1 is 1.07 bits per heavy atom. The molecule has 0 spiro atoms. The third-order valence-corrected chi connectivity index (χ3v) is 4.49. The summed E-state index contributed by atoms with van der Waals surface area (Å²) in [6.45, 7) is 3.18. The number of carbonyl (C=O) groups excluding carboxylic acids is 1. The molecule has 0 saturated carbocycles. The number of hydrogen-bond donors (Lipinski definition) is 1. The Morgan fingerprint density at radius 2 is 1.85 bits per heavy atom. The molecule has 2 aromatic carbocycles. The van der Waals surface area contributed by atoms with E-state index in [0.29, 0.717) is 12.1 Å². The van der Waals surface area contributed by atoms with Crippen molar-refractivity contribution in [3.63, 3.8) is 0 Å². The average Bonchev–Trinajstić information content (AvgIpc) is 3.19. The predicted octanol–water partition coefficient (Wildman–Crippen LogP) is 3.72. The molecule has 2 aromatic heterocycles. The van der Waals surface area contributed by atoms with E-state index in [4.69, 9.17) is 0 Å². The number of nitrogens with zero attached hydrogens (tertiary/aromatic N) is 3. The Kier molecular flexibility index (Phi) is 4.66. The Hall–Kier alpha value is -3.47. The van der Waals surface area contributed by atoms with Gasteiger partial charge in [0.25, 0.3) is 5.91 Å². The second kappa shape index (κ2) is 7.41. The number of fused-ring (bicyclic) bond motifs is 1. The molecule has 5 nitrogen and oxygen atoms in total. The Bertz CT molecular complexity index is 1070. The van der Waals surface area contributed by atoms with Crippen LogP contribution in [0.1, 0.15) is 27.2 Å². The fourth-order valence-corrected chi connectivity index (χ4v) is 3.13. The van der Waals surface area contributed by atoms with Crippen LogP contribution in [0.4, 0.5) is 0 Å². The predicted molar refractivity (Wildman–Crippen MR) is 105 cm³/mol. The number of aromatic nitrogens is 3. The lowest BCUT2D eigenvalue weighted by molar-refractivity contribution is 0.0952. The number of pyridine rings is 1. The molecule has 0 saturated heterocycles. The Balaban J connectivity index is 1.45. The number of carbonyl (C=O) groups is 1. The molecule has 0 aliphatic heterocycles. The molecular weight excluding hydrogens is 336 g/mol. The first-order valence-electron chi connectivity index (χ1n) is 8.87. The van der Waals surface area contributed by atoms with Gasteiger partial charge in [-0.15, -0.1) is 0 Å². The molecule has 0 aliphatic rings. The van der Waals surface area contributed by atoms with Gasteiger partial charge in [0.05, 0.1) is 17.4 Å². The molecule has 4 aromatic rings. The van der Waals surface area contributed by atoms with Crippen molar-refractivity contribution < 1.29 is 4.79 Å². The number of rotatable bonds is 5. The summed E-state index contributed by atoms with van der Waals surface area (Å²) in [5.74, 6) is -0.0841. The van der Waals surface area contributed by atoms with E-state index < -0.39 is 0 Å². The van der Waals surface area contributed by atoms with Gasteiger partial charge in [-0.3, -0.25) is 9.78 Å². The van der Waals surface area contributed by atoms with E-state index in [1.54, 1.807) is 12.5 Å². The van der Waals surface area contributed by atoms with Crippen molar-refractivity contribution in [2.75, 3.05) is 0 Å². The molecule has 1 N–H and O–H groups in total. The highest BCUT2D eigenvalue weighted by Crippen LogP contribution is 2.18. The van der Waals surface area contributed by atoms with Gasteiger partial charge < -0.3 is 9.88 Å². The fraction of sp³-hybridized carbons (Fsp3) is 0.136. The minimum absolute atomic E-state index is 0.0841. The minimum Gasteiger partial charge on any atom is -0.348 e. The molecule has 5 heteroatoms. The van der Waals surface area contributed by atoms with Crippen LogP contribution in [-0.2, 0) is 13.1 Å². The SMILES string of the molecule is Cc1cc(C(=O)NCc2ccc(Cn3ccnc3)cc2)c2ccccc2n1. The summed E-state index contributed by atoms with van der Waals surface area (Å²) < 4.78 is 2.02. The molecule has 134 valence electrons. The lowest BCUT2D eigenvalue weighted by atomic mass is 10.1. The van der Waals surface area contributed by atoms with Gasteiger partial charge in [-0.25, -0.2) is 4.98 Å². The van der Waals surface area contributed by atoms with E-state index in [-0.39, 0.29) is 5.91 Å². The molecule has 0 unspecified atom stereocenters. The second-order valence-electron chi connectivity index (χ2n) is 6.56. The maximum atomic E-state index is 12.7. The average molecular weight is 356 g/mol. The summed E-state index contributed by atoms with van der Waals surface area (Å²) in [6, 6.07) is 17.8. The normalized spacial score (nSPS) is 10.9. The summed E-state index contributed by atoms with van der Waals surface area (Å²) in [7, 11) is 0. The van der Waals surface area contributed by atoms with Gasteiger partial charge in [-0.1, -0.05) is 42.5 Å². The maximum absolute atomic E-state index is 12.7. The zero-order valence-corrected chi connectivity index (χ0v) is 15.1. The lowest BCUT2D eigenvalue weighted by Gasteiger charge is -2.10. The van der Waals surface area contributed by atoms with Crippen LogP contribution in [0.15, 0.2) is 73.3 Å². The van der Waals surface area contributed by atoms with Crippen LogP contribution in [0.25, 0.3) is 10.9 Å². The number of aryl methyl sites for hydroxylation is 1. The topological polar surface area (TPSA) is 59.8 Å². The van der Waals surface area contributed by atoms with E-state index in [2.05, 4.69) is 27.4 Å². The van der Waals surface area contributed by atoms with Gasteiger partial charge >= 0.3 is 0 Å². The van der Waals surface area contributed by atoms with Crippen molar-refractivity contribution in [2.24, 2.45) is 0 Å². The summed E-state index contributed by atoms with van der Waals surface area (Å²) in [5.41, 5.74) is 4.59. The first kappa shape index (κ1) is 17.0. The number of amides is 1. The van der Waals surface area contributed by atoms with Crippen molar-refractivity contribution >= 4 is 16.8 Å². The molecule has 0 radical (unpaired) electrons. The first-order chi connectivity index (χ1) is 13.2. The van der Waals surface area contributed by atoms with E-state index in [9.17, 15) is 4.79 Å². The number of hydrogen-bond acceptors (Lipinski definition) is 3. The van der Waals surface area contributed by atoms with Crippen LogP contribution in [0.3, 0.4) is 0 Å². The fourth-order valence-electron chi connectivity index (χ4n) is 3.13.